The molecular weight excluding hydrogens is 248 g/mol. The molecule has 118 valence electrons. The lowest BCUT2D eigenvalue weighted by Crippen LogP contribution is -2.44. The maximum absolute atomic E-state index is 5.94. The first-order chi connectivity index (χ1) is 9.63. The second kappa shape index (κ2) is 8.35. The number of rotatable bonds is 6. The fraction of sp³-hybridized carbons (Fsp3) is 1.00. The van der Waals surface area contributed by atoms with Crippen LogP contribution >= 0.6 is 0 Å². The molecule has 3 nitrogen and oxygen atoms in total. The van der Waals surface area contributed by atoms with Gasteiger partial charge in [-0.05, 0) is 71.9 Å². The van der Waals surface area contributed by atoms with Gasteiger partial charge in [-0.15, -0.1) is 0 Å². The van der Waals surface area contributed by atoms with Crippen molar-refractivity contribution in [3.8, 4) is 0 Å². The zero-order valence-corrected chi connectivity index (χ0v) is 13.8. The summed E-state index contributed by atoms with van der Waals surface area (Å²) in [7, 11) is 2.23. The number of likely N-dealkylation sites (N-methyl/N-ethyl adjacent to an activating group) is 1. The van der Waals surface area contributed by atoms with E-state index in [0.717, 1.165) is 5.92 Å². The first kappa shape index (κ1) is 16.3. The summed E-state index contributed by atoms with van der Waals surface area (Å²) in [6.45, 7) is 10.7. The second-order valence-electron chi connectivity index (χ2n) is 7.11. The van der Waals surface area contributed by atoms with Crippen molar-refractivity contribution in [2.24, 2.45) is 5.92 Å². The van der Waals surface area contributed by atoms with Gasteiger partial charge >= 0.3 is 0 Å². The molecule has 0 bridgehead atoms. The van der Waals surface area contributed by atoms with Crippen LogP contribution < -0.4 is 0 Å². The van der Waals surface area contributed by atoms with Crippen LogP contribution in [0.3, 0.4) is 0 Å². The zero-order chi connectivity index (χ0) is 14.4. The van der Waals surface area contributed by atoms with Gasteiger partial charge in [0.25, 0.3) is 0 Å². The van der Waals surface area contributed by atoms with Crippen molar-refractivity contribution >= 4 is 0 Å². The minimum absolute atomic E-state index is 0.397. The molecule has 0 aromatic heterocycles. The predicted octanol–water partition coefficient (Wildman–Crippen LogP) is 3.00. The molecule has 0 spiro atoms. The van der Waals surface area contributed by atoms with Crippen molar-refractivity contribution in [2.45, 2.75) is 64.6 Å². The molecule has 0 radical (unpaired) electrons. The second-order valence-corrected chi connectivity index (χ2v) is 7.11. The first-order valence-corrected chi connectivity index (χ1v) is 8.70. The first-order valence-electron chi connectivity index (χ1n) is 8.70. The van der Waals surface area contributed by atoms with Crippen molar-refractivity contribution < 1.29 is 4.74 Å². The monoisotopic (exact) mass is 282 g/mol. The lowest BCUT2D eigenvalue weighted by Gasteiger charge is -2.33. The molecule has 0 aromatic rings. The minimum atomic E-state index is 0.397. The Labute approximate surface area is 125 Å². The van der Waals surface area contributed by atoms with Crippen molar-refractivity contribution in [2.75, 3.05) is 39.8 Å². The van der Waals surface area contributed by atoms with Gasteiger partial charge in [0.05, 0.1) is 12.2 Å². The summed E-state index contributed by atoms with van der Waals surface area (Å²) in [6.07, 6.45) is 9.12. The third-order valence-electron chi connectivity index (χ3n) is 4.94. The summed E-state index contributed by atoms with van der Waals surface area (Å²) >= 11 is 0. The van der Waals surface area contributed by atoms with Gasteiger partial charge in [0.1, 0.15) is 0 Å². The van der Waals surface area contributed by atoms with Crippen LogP contribution in [0.2, 0.25) is 0 Å². The van der Waals surface area contributed by atoms with Gasteiger partial charge in [-0.2, -0.15) is 0 Å². The fourth-order valence-electron chi connectivity index (χ4n) is 3.62. The van der Waals surface area contributed by atoms with Crippen molar-refractivity contribution in [1.29, 1.82) is 0 Å². The van der Waals surface area contributed by atoms with Crippen LogP contribution in [0.1, 0.15) is 52.4 Å². The third kappa shape index (κ3) is 5.71. The summed E-state index contributed by atoms with van der Waals surface area (Å²) in [4.78, 5) is 5.08. The Hall–Kier alpha value is -0.120. The van der Waals surface area contributed by atoms with Crippen LogP contribution in [0.4, 0.5) is 0 Å². The van der Waals surface area contributed by atoms with Gasteiger partial charge in [0, 0.05) is 26.2 Å². The molecule has 2 rings (SSSR count). The van der Waals surface area contributed by atoms with Crippen LogP contribution in [0.15, 0.2) is 0 Å². The molecular formula is C17H34N2O. The van der Waals surface area contributed by atoms with E-state index < -0.39 is 0 Å². The molecule has 2 fully saturated rings. The molecule has 0 atom stereocenters. The van der Waals surface area contributed by atoms with Gasteiger partial charge in [0.15, 0.2) is 0 Å². The quantitative estimate of drug-likeness (QED) is 0.745. The van der Waals surface area contributed by atoms with Crippen molar-refractivity contribution in [3.05, 3.63) is 0 Å². The molecule has 20 heavy (non-hydrogen) atoms. The number of piperazine rings is 1. The van der Waals surface area contributed by atoms with Crippen LogP contribution in [0.5, 0.6) is 0 Å². The summed E-state index contributed by atoms with van der Waals surface area (Å²) in [5.74, 6) is 0.967. The van der Waals surface area contributed by atoms with Gasteiger partial charge in [-0.3, -0.25) is 0 Å². The van der Waals surface area contributed by atoms with Crippen molar-refractivity contribution in [3.63, 3.8) is 0 Å². The van der Waals surface area contributed by atoms with E-state index >= 15 is 0 Å². The van der Waals surface area contributed by atoms with Gasteiger partial charge in [-0.1, -0.05) is 0 Å². The predicted molar refractivity (Wildman–Crippen MR) is 85.1 cm³/mol. The molecule has 1 saturated carbocycles. The molecule has 3 heteroatoms. The van der Waals surface area contributed by atoms with E-state index in [9.17, 15) is 0 Å². The van der Waals surface area contributed by atoms with Crippen LogP contribution in [0, 0.1) is 5.92 Å². The molecule has 1 heterocycles. The van der Waals surface area contributed by atoms with E-state index in [4.69, 9.17) is 4.74 Å². The highest BCUT2D eigenvalue weighted by Gasteiger charge is 2.22. The topological polar surface area (TPSA) is 15.7 Å². The SMILES string of the molecule is CC(C)OC1CCC(CCCN2CCN(C)CC2)CC1. The van der Waals surface area contributed by atoms with E-state index in [0.29, 0.717) is 12.2 Å². The summed E-state index contributed by atoms with van der Waals surface area (Å²) in [5, 5.41) is 0. The number of nitrogens with zero attached hydrogens (tertiary/aromatic N) is 2. The Kier molecular flexibility index (Phi) is 6.79. The lowest BCUT2D eigenvalue weighted by molar-refractivity contribution is -0.0205. The fourth-order valence-corrected chi connectivity index (χ4v) is 3.62. The summed E-state index contributed by atoms with van der Waals surface area (Å²) < 4.78 is 5.94. The zero-order valence-electron chi connectivity index (χ0n) is 13.8. The molecule has 0 aromatic carbocycles. The highest BCUT2D eigenvalue weighted by atomic mass is 16.5. The Balaban J connectivity index is 1.53. The maximum atomic E-state index is 5.94. The molecule has 1 aliphatic heterocycles. The lowest BCUT2D eigenvalue weighted by atomic mass is 9.84. The average Bonchev–Trinajstić information content (AvgIpc) is 2.42. The Bertz CT molecular complexity index is 254. The summed E-state index contributed by atoms with van der Waals surface area (Å²) in [6, 6.07) is 0. The highest BCUT2D eigenvalue weighted by molar-refractivity contribution is 4.75. The van der Waals surface area contributed by atoms with Crippen LogP contribution in [-0.2, 0) is 4.74 Å². The van der Waals surface area contributed by atoms with Gasteiger partial charge < -0.3 is 14.5 Å². The van der Waals surface area contributed by atoms with E-state index in [1.54, 1.807) is 0 Å². The van der Waals surface area contributed by atoms with E-state index in [1.165, 1.54) is 71.2 Å². The Morgan fingerprint density at radius 2 is 1.65 bits per heavy atom. The van der Waals surface area contributed by atoms with Crippen LogP contribution in [-0.4, -0.2) is 61.8 Å². The molecule has 0 amide bonds. The Morgan fingerprint density at radius 1 is 1.00 bits per heavy atom. The maximum Gasteiger partial charge on any atom is 0.0578 e. The normalized spacial score (nSPS) is 30.0. The smallest absolute Gasteiger partial charge is 0.0578 e. The van der Waals surface area contributed by atoms with Gasteiger partial charge in [0.2, 0.25) is 0 Å². The van der Waals surface area contributed by atoms with Crippen molar-refractivity contribution in [1.82, 2.24) is 9.80 Å². The molecule has 0 N–H and O–H groups in total. The van der Waals surface area contributed by atoms with Crippen LogP contribution in [0.25, 0.3) is 0 Å². The van der Waals surface area contributed by atoms with Gasteiger partial charge in [-0.25, -0.2) is 0 Å². The molecule has 2 aliphatic rings. The Morgan fingerprint density at radius 3 is 2.25 bits per heavy atom. The number of hydrogen-bond donors (Lipinski definition) is 0. The molecule has 1 saturated heterocycles. The number of ether oxygens (including phenoxy) is 1. The van der Waals surface area contributed by atoms with E-state index in [2.05, 4.69) is 30.7 Å². The minimum Gasteiger partial charge on any atom is -0.376 e. The third-order valence-corrected chi connectivity index (χ3v) is 4.94. The number of hydrogen-bond acceptors (Lipinski definition) is 3. The average molecular weight is 282 g/mol. The molecule has 1 aliphatic carbocycles. The van der Waals surface area contributed by atoms with E-state index in [1.807, 2.05) is 0 Å². The largest absolute Gasteiger partial charge is 0.376 e. The van der Waals surface area contributed by atoms with E-state index in [-0.39, 0.29) is 0 Å². The molecule has 0 unspecified atom stereocenters. The summed E-state index contributed by atoms with van der Waals surface area (Å²) in [5.41, 5.74) is 0. The highest BCUT2D eigenvalue weighted by Crippen LogP contribution is 2.30. The standard InChI is InChI=1S/C17H34N2O/c1-15(2)20-17-8-6-16(7-9-17)5-4-10-19-13-11-18(3)12-14-19/h15-17H,4-14H2,1-3H3.